The average Bonchev–Trinajstić information content (AvgIpc) is 2.37. The van der Waals surface area contributed by atoms with Crippen LogP contribution < -0.4 is 15.2 Å². The zero-order valence-electron chi connectivity index (χ0n) is 10.2. The first kappa shape index (κ1) is 13.6. The van der Waals surface area contributed by atoms with Crippen LogP contribution >= 0.6 is 15.9 Å². The Morgan fingerprint density at radius 2 is 2.05 bits per heavy atom. The van der Waals surface area contributed by atoms with Crippen LogP contribution in [0.5, 0.6) is 17.5 Å². The summed E-state index contributed by atoms with van der Waals surface area (Å²) in [6, 6.07) is 7.73. The topological polar surface area (TPSA) is 57.4 Å². The van der Waals surface area contributed by atoms with Crippen LogP contribution in [0.25, 0.3) is 0 Å². The van der Waals surface area contributed by atoms with Gasteiger partial charge in [0.1, 0.15) is 5.82 Å². The van der Waals surface area contributed by atoms with E-state index in [9.17, 15) is 4.39 Å². The highest BCUT2D eigenvalue weighted by Gasteiger charge is 2.09. The molecule has 19 heavy (non-hydrogen) atoms. The van der Waals surface area contributed by atoms with Crippen LogP contribution in [0.1, 0.15) is 6.92 Å². The van der Waals surface area contributed by atoms with Crippen LogP contribution in [-0.4, -0.2) is 11.6 Å². The highest BCUT2D eigenvalue weighted by molar-refractivity contribution is 9.10. The summed E-state index contributed by atoms with van der Waals surface area (Å²) in [5, 5.41) is 0. The van der Waals surface area contributed by atoms with Gasteiger partial charge >= 0.3 is 0 Å². The molecule has 0 aliphatic heterocycles. The molecule has 2 aromatic rings. The molecule has 2 rings (SSSR count). The minimum absolute atomic E-state index is 0.210. The van der Waals surface area contributed by atoms with Gasteiger partial charge in [-0.2, -0.15) is 4.98 Å². The Bertz CT molecular complexity index is 593. The molecule has 0 saturated carbocycles. The Labute approximate surface area is 118 Å². The van der Waals surface area contributed by atoms with Gasteiger partial charge in [0.25, 0.3) is 0 Å². The van der Waals surface area contributed by atoms with Gasteiger partial charge in [0.2, 0.25) is 11.8 Å². The van der Waals surface area contributed by atoms with Crippen LogP contribution in [0, 0.1) is 5.82 Å². The van der Waals surface area contributed by atoms with E-state index in [0.717, 1.165) is 0 Å². The molecule has 1 aromatic heterocycles. The molecule has 0 unspecified atom stereocenters. The number of halogens is 2. The average molecular weight is 327 g/mol. The van der Waals surface area contributed by atoms with Crippen molar-refractivity contribution in [3.63, 3.8) is 0 Å². The van der Waals surface area contributed by atoms with Crippen LogP contribution in [0.3, 0.4) is 0 Å². The Balaban J connectivity index is 2.25. The molecule has 0 bridgehead atoms. The fourth-order valence-corrected chi connectivity index (χ4v) is 1.79. The second-order valence-electron chi connectivity index (χ2n) is 3.65. The Kier molecular flexibility index (Phi) is 4.21. The summed E-state index contributed by atoms with van der Waals surface area (Å²) in [6.07, 6.45) is 0. The zero-order valence-corrected chi connectivity index (χ0v) is 11.8. The van der Waals surface area contributed by atoms with Crippen molar-refractivity contribution in [1.29, 1.82) is 0 Å². The summed E-state index contributed by atoms with van der Waals surface area (Å²) in [4.78, 5) is 4.12. The van der Waals surface area contributed by atoms with Gasteiger partial charge in [-0.1, -0.05) is 6.07 Å². The van der Waals surface area contributed by atoms with Crippen molar-refractivity contribution >= 4 is 21.6 Å². The number of hydrogen-bond donors (Lipinski definition) is 1. The Hall–Kier alpha value is -1.82. The number of nitrogens with two attached hydrogens (primary N) is 1. The number of hydrogen-bond acceptors (Lipinski definition) is 4. The first-order valence-electron chi connectivity index (χ1n) is 5.62. The van der Waals surface area contributed by atoms with Crippen LogP contribution in [0.4, 0.5) is 10.1 Å². The second-order valence-corrected chi connectivity index (χ2v) is 4.51. The molecule has 0 aliphatic rings. The molecule has 0 amide bonds. The molecular weight excluding hydrogens is 315 g/mol. The van der Waals surface area contributed by atoms with Crippen LogP contribution in [-0.2, 0) is 0 Å². The molecule has 1 aromatic carbocycles. The van der Waals surface area contributed by atoms with Crippen molar-refractivity contribution < 1.29 is 13.9 Å². The molecule has 6 heteroatoms. The lowest BCUT2D eigenvalue weighted by molar-refractivity contribution is 0.321. The van der Waals surface area contributed by atoms with E-state index < -0.39 is 5.82 Å². The highest BCUT2D eigenvalue weighted by Crippen LogP contribution is 2.31. The van der Waals surface area contributed by atoms with Gasteiger partial charge in [-0.05, 0) is 28.9 Å². The number of nitrogen functional groups attached to an aromatic ring is 1. The van der Waals surface area contributed by atoms with Crippen molar-refractivity contribution in [2.45, 2.75) is 6.92 Å². The Morgan fingerprint density at radius 1 is 1.32 bits per heavy atom. The number of pyridine rings is 1. The van der Waals surface area contributed by atoms with E-state index in [1.54, 1.807) is 18.2 Å². The molecule has 4 nitrogen and oxygen atoms in total. The number of anilines is 1. The summed E-state index contributed by atoms with van der Waals surface area (Å²) in [5.41, 5.74) is 6.07. The third kappa shape index (κ3) is 3.35. The normalized spacial score (nSPS) is 10.3. The van der Waals surface area contributed by atoms with E-state index in [-0.39, 0.29) is 10.2 Å². The first-order chi connectivity index (χ1) is 9.10. The van der Waals surface area contributed by atoms with Crippen molar-refractivity contribution in [3.8, 4) is 17.5 Å². The lowest BCUT2D eigenvalue weighted by Gasteiger charge is -2.09. The molecule has 0 fully saturated rings. The lowest BCUT2D eigenvalue weighted by atomic mass is 10.3. The maximum absolute atomic E-state index is 13.4. The monoisotopic (exact) mass is 326 g/mol. The number of benzene rings is 1. The standard InChI is InChI=1S/C13H12BrFN2O2/c1-2-18-12-4-3-5-13(17-12)19-11-7-9(15)8(14)6-10(11)16/h3-7H,2,16H2,1H3. The van der Waals surface area contributed by atoms with Crippen molar-refractivity contribution in [3.05, 3.63) is 40.6 Å². The van der Waals surface area contributed by atoms with E-state index >= 15 is 0 Å². The van der Waals surface area contributed by atoms with E-state index in [4.69, 9.17) is 15.2 Å². The van der Waals surface area contributed by atoms with Crippen LogP contribution in [0.2, 0.25) is 0 Å². The SMILES string of the molecule is CCOc1cccc(Oc2cc(F)c(Br)cc2N)n1. The van der Waals surface area contributed by atoms with E-state index in [1.165, 1.54) is 12.1 Å². The zero-order chi connectivity index (χ0) is 13.8. The van der Waals surface area contributed by atoms with Crippen molar-refractivity contribution in [1.82, 2.24) is 4.98 Å². The van der Waals surface area contributed by atoms with Crippen molar-refractivity contribution in [2.24, 2.45) is 0 Å². The molecule has 100 valence electrons. The molecule has 0 atom stereocenters. The molecular formula is C13H12BrFN2O2. The van der Waals surface area contributed by atoms with Gasteiger partial charge < -0.3 is 15.2 Å². The van der Waals surface area contributed by atoms with Gasteiger partial charge in [-0.25, -0.2) is 4.39 Å². The molecule has 0 radical (unpaired) electrons. The number of aromatic nitrogens is 1. The van der Waals surface area contributed by atoms with Gasteiger partial charge in [0, 0.05) is 18.2 Å². The second kappa shape index (κ2) is 5.88. The van der Waals surface area contributed by atoms with E-state index in [0.29, 0.717) is 24.1 Å². The number of rotatable bonds is 4. The predicted molar refractivity (Wildman–Crippen MR) is 74.0 cm³/mol. The quantitative estimate of drug-likeness (QED) is 0.869. The molecule has 2 N–H and O–H groups in total. The highest BCUT2D eigenvalue weighted by atomic mass is 79.9. The fourth-order valence-electron chi connectivity index (χ4n) is 1.43. The maximum atomic E-state index is 13.4. The fraction of sp³-hybridized carbons (Fsp3) is 0.154. The third-order valence-corrected chi connectivity index (χ3v) is 2.87. The largest absolute Gasteiger partial charge is 0.478 e. The molecule has 0 aliphatic carbocycles. The maximum Gasteiger partial charge on any atom is 0.222 e. The minimum Gasteiger partial charge on any atom is -0.478 e. The third-order valence-electron chi connectivity index (χ3n) is 2.26. The summed E-state index contributed by atoms with van der Waals surface area (Å²) in [5.74, 6) is 0.488. The predicted octanol–water partition coefficient (Wildman–Crippen LogP) is 3.76. The van der Waals surface area contributed by atoms with Crippen LogP contribution in [0.15, 0.2) is 34.8 Å². The first-order valence-corrected chi connectivity index (χ1v) is 6.41. The van der Waals surface area contributed by atoms with Gasteiger partial charge in [0.15, 0.2) is 5.75 Å². The summed E-state index contributed by atoms with van der Waals surface area (Å²) in [6.45, 7) is 2.36. The minimum atomic E-state index is -0.454. The van der Waals surface area contributed by atoms with Gasteiger partial charge in [-0.15, -0.1) is 0 Å². The molecule has 0 spiro atoms. The number of nitrogens with zero attached hydrogens (tertiary/aromatic N) is 1. The summed E-state index contributed by atoms with van der Waals surface area (Å²) in [7, 11) is 0. The summed E-state index contributed by atoms with van der Waals surface area (Å²) >= 11 is 3.05. The molecule has 1 heterocycles. The smallest absolute Gasteiger partial charge is 0.222 e. The number of ether oxygens (including phenoxy) is 2. The lowest BCUT2D eigenvalue weighted by Crippen LogP contribution is -1.98. The molecule has 0 saturated heterocycles. The van der Waals surface area contributed by atoms with E-state index in [2.05, 4.69) is 20.9 Å². The van der Waals surface area contributed by atoms with Crippen molar-refractivity contribution in [2.75, 3.05) is 12.3 Å². The van der Waals surface area contributed by atoms with E-state index in [1.807, 2.05) is 6.92 Å². The van der Waals surface area contributed by atoms with Gasteiger partial charge in [0.05, 0.1) is 16.8 Å². The Morgan fingerprint density at radius 3 is 2.79 bits per heavy atom. The van der Waals surface area contributed by atoms with Gasteiger partial charge in [-0.3, -0.25) is 0 Å². The summed E-state index contributed by atoms with van der Waals surface area (Å²) < 4.78 is 24.4.